The van der Waals surface area contributed by atoms with Crippen LogP contribution in [0.15, 0.2) is 118 Å². The minimum absolute atomic E-state index is 0.760. The van der Waals surface area contributed by atoms with Gasteiger partial charge in [0.2, 0.25) is 0 Å². The van der Waals surface area contributed by atoms with Crippen molar-refractivity contribution in [1.82, 2.24) is 19.9 Å². The summed E-state index contributed by atoms with van der Waals surface area (Å²) in [4.78, 5) is 17.9. The van der Waals surface area contributed by atoms with Crippen molar-refractivity contribution in [3.63, 3.8) is 0 Å². The predicted molar refractivity (Wildman–Crippen MR) is 145 cm³/mol. The Morgan fingerprint density at radius 2 is 0.824 bits per heavy atom. The van der Waals surface area contributed by atoms with E-state index in [0.29, 0.717) is 0 Å². The highest BCUT2D eigenvalue weighted by molar-refractivity contribution is 9.10. The normalized spacial score (nSPS) is 10.6. The zero-order valence-electron chi connectivity index (χ0n) is 17.9. The molecule has 0 radical (unpaired) electrons. The molecule has 0 saturated heterocycles. The van der Waals surface area contributed by atoms with Gasteiger partial charge in [-0.15, -0.1) is 0 Å². The van der Waals surface area contributed by atoms with Crippen molar-refractivity contribution >= 4 is 53.7 Å². The number of rotatable bonds is 2. The molecule has 2 heterocycles. The van der Waals surface area contributed by atoms with Gasteiger partial charge in [0.05, 0.1) is 11.0 Å². The summed E-state index contributed by atoms with van der Waals surface area (Å²) in [5.41, 5.74) is 4.00. The number of benzene rings is 4. The van der Waals surface area contributed by atoms with Crippen LogP contribution in [-0.4, -0.2) is 19.9 Å². The van der Waals surface area contributed by atoms with E-state index in [0.717, 1.165) is 53.5 Å². The Kier molecular flexibility index (Phi) is 6.70. The molecule has 0 spiro atoms. The fraction of sp³-hybridized carbons (Fsp3) is 0. The smallest absolute Gasteiger partial charge is 0.159 e. The molecule has 0 atom stereocenters. The minimum Gasteiger partial charge on any atom is -0.236 e. The molecule has 0 N–H and O–H groups in total. The van der Waals surface area contributed by atoms with Gasteiger partial charge in [0.15, 0.2) is 11.6 Å². The maximum Gasteiger partial charge on any atom is 0.159 e. The van der Waals surface area contributed by atoms with E-state index in [9.17, 15) is 0 Å². The highest BCUT2D eigenvalue weighted by Crippen LogP contribution is 2.21. The van der Waals surface area contributed by atoms with Crippen molar-refractivity contribution in [3.05, 3.63) is 118 Å². The van der Waals surface area contributed by atoms with Gasteiger partial charge >= 0.3 is 0 Å². The van der Waals surface area contributed by atoms with Crippen LogP contribution in [0, 0.1) is 0 Å². The second kappa shape index (κ2) is 10.2. The highest BCUT2D eigenvalue weighted by atomic mass is 79.9. The van der Waals surface area contributed by atoms with Gasteiger partial charge in [-0.25, -0.2) is 19.9 Å². The third-order valence-electron chi connectivity index (χ3n) is 5.18. The minimum atomic E-state index is 0.760. The molecular formula is C28H18Br2N4. The summed E-state index contributed by atoms with van der Waals surface area (Å²) in [6, 6.07) is 32.0. The monoisotopic (exact) mass is 568 g/mol. The molecule has 34 heavy (non-hydrogen) atoms. The average molecular weight is 570 g/mol. The molecule has 6 heteroatoms. The molecule has 0 unspecified atom stereocenters. The van der Waals surface area contributed by atoms with E-state index >= 15 is 0 Å². The molecular weight excluding hydrogens is 552 g/mol. The fourth-order valence-electron chi connectivity index (χ4n) is 3.42. The molecule has 6 rings (SSSR count). The van der Waals surface area contributed by atoms with Crippen LogP contribution in [0.4, 0.5) is 0 Å². The van der Waals surface area contributed by atoms with Crippen molar-refractivity contribution < 1.29 is 0 Å². The molecule has 4 nitrogen and oxygen atoms in total. The van der Waals surface area contributed by atoms with Gasteiger partial charge in [-0.05, 0) is 36.4 Å². The van der Waals surface area contributed by atoms with E-state index in [1.54, 1.807) is 0 Å². The van der Waals surface area contributed by atoms with Crippen molar-refractivity contribution in [2.24, 2.45) is 0 Å². The highest BCUT2D eigenvalue weighted by Gasteiger charge is 2.03. The number of aromatic nitrogens is 4. The Labute approximate surface area is 214 Å². The van der Waals surface area contributed by atoms with Gasteiger partial charge in [0, 0.05) is 43.2 Å². The third-order valence-corrected chi connectivity index (χ3v) is 6.24. The summed E-state index contributed by atoms with van der Waals surface area (Å²) < 4.78 is 2.11. The Morgan fingerprint density at radius 3 is 1.24 bits per heavy atom. The number of halogens is 2. The molecule has 0 amide bonds. The molecule has 0 aliphatic carbocycles. The second-order valence-corrected chi connectivity index (χ2v) is 9.35. The number of hydrogen-bond donors (Lipinski definition) is 0. The standard InChI is InChI=1S/2C14H9BrN2/c2*15-12-7-5-10(6-8-12)14-16-9-11-3-1-2-4-13(11)17-14/h2*1-9H. The van der Waals surface area contributed by atoms with Crippen LogP contribution >= 0.6 is 31.9 Å². The molecule has 0 saturated carbocycles. The summed E-state index contributed by atoms with van der Waals surface area (Å²) in [6.45, 7) is 0. The van der Waals surface area contributed by atoms with Crippen LogP contribution < -0.4 is 0 Å². The molecule has 0 bridgehead atoms. The van der Waals surface area contributed by atoms with Gasteiger partial charge in [-0.1, -0.05) is 92.5 Å². The molecule has 0 aliphatic rings. The van der Waals surface area contributed by atoms with E-state index in [1.807, 2.05) is 109 Å². The summed E-state index contributed by atoms with van der Waals surface area (Å²) in [5, 5.41) is 2.13. The predicted octanol–water partition coefficient (Wildman–Crippen LogP) is 8.12. The molecule has 6 aromatic rings. The van der Waals surface area contributed by atoms with Crippen LogP contribution in [0.2, 0.25) is 0 Å². The average Bonchev–Trinajstić information content (AvgIpc) is 2.89. The van der Waals surface area contributed by atoms with Crippen LogP contribution in [0.5, 0.6) is 0 Å². The summed E-state index contributed by atoms with van der Waals surface area (Å²) in [5.74, 6) is 1.52. The Hall–Kier alpha value is -3.48. The maximum absolute atomic E-state index is 4.55. The van der Waals surface area contributed by atoms with Crippen molar-refractivity contribution in [2.45, 2.75) is 0 Å². The molecule has 4 aromatic carbocycles. The van der Waals surface area contributed by atoms with E-state index in [-0.39, 0.29) is 0 Å². The number of hydrogen-bond acceptors (Lipinski definition) is 4. The van der Waals surface area contributed by atoms with Crippen LogP contribution in [0.3, 0.4) is 0 Å². The van der Waals surface area contributed by atoms with E-state index in [4.69, 9.17) is 0 Å². The lowest BCUT2D eigenvalue weighted by atomic mass is 10.2. The van der Waals surface area contributed by atoms with Crippen LogP contribution in [-0.2, 0) is 0 Å². The van der Waals surface area contributed by atoms with Gasteiger partial charge in [0.25, 0.3) is 0 Å². The SMILES string of the molecule is Brc1ccc(-c2ncc3ccccc3n2)cc1.Brc1ccc(-c2ncc3ccccc3n2)cc1. The maximum atomic E-state index is 4.55. The van der Waals surface area contributed by atoms with Gasteiger partial charge in [-0.3, -0.25) is 0 Å². The van der Waals surface area contributed by atoms with Gasteiger partial charge < -0.3 is 0 Å². The first-order chi connectivity index (χ1) is 16.7. The molecule has 0 fully saturated rings. The van der Waals surface area contributed by atoms with Crippen molar-refractivity contribution in [3.8, 4) is 22.8 Å². The van der Waals surface area contributed by atoms with Crippen LogP contribution in [0.1, 0.15) is 0 Å². The molecule has 164 valence electrons. The lowest BCUT2D eigenvalue weighted by Gasteiger charge is -2.02. The van der Waals surface area contributed by atoms with Gasteiger partial charge in [0.1, 0.15) is 0 Å². The lowest BCUT2D eigenvalue weighted by Crippen LogP contribution is -1.89. The number of fused-ring (bicyclic) bond motifs is 2. The summed E-state index contributed by atoms with van der Waals surface area (Å²) in [7, 11) is 0. The van der Waals surface area contributed by atoms with E-state index in [2.05, 4.69) is 51.8 Å². The second-order valence-electron chi connectivity index (χ2n) is 7.52. The Balaban J connectivity index is 0.000000142. The number of para-hydroxylation sites is 2. The fourth-order valence-corrected chi connectivity index (χ4v) is 3.95. The quantitative estimate of drug-likeness (QED) is 0.211. The van der Waals surface area contributed by atoms with Crippen LogP contribution in [0.25, 0.3) is 44.6 Å². The summed E-state index contributed by atoms with van der Waals surface area (Å²) in [6.07, 6.45) is 3.72. The number of nitrogens with zero attached hydrogens (tertiary/aromatic N) is 4. The lowest BCUT2D eigenvalue weighted by molar-refractivity contribution is 1.23. The zero-order chi connectivity index (χ0) is 23.3. The third kappa shape index (κ3) is 5.19. The van der Waals surface area contributed by atoms with Gasteiger partial charge in [-0.2, -0.15) is 0 Å². The summed E-state index contributed by atoms with van der Waals surface area (Å²) >= 11 is 6.83. The molecule has 2 aromatic heterocycles. The Bertz CT molecular complexity index is 1450. The van der Waals surface area contributed by atoms with Crippen molar-refractivity contribution in [1.29, 1.82) is 0 Å². The van der Waals surface area contributed by atoms with E-state index in [1.165, 1.54) is 0 Å². The Morgan fingerprint density at radius 1 is 0.441 bits per heavy atom. The van der Waals surface area contributed by atoms with E-state index < -0.39 is 0 Å². The first-order valence-electron chi connectivity index (χ1n) is 10.6. The topological polar surface area (TPSA) is 51.6 Å². The largest absolute Gasteiger partial charge is 0.236 e. The van der Waals surface area contributed by atoms with Crippen molar-refractivity contribution in [2.75, 3.05) is 0 Å². The first-order valence-corrected chi connectivity index (χ1v) is 12.2. The first kappa shape index (κ1) is 22.3. The zero-order valence-corrected chi connectivity index (χ0v) is 21.1. The molecule has 0 aliphatic heterocycles.